The number of carbonyl (C=O) groups is 3. The molecule has 3 aromatic carbocycles. The van der Waals surface area contributed by atoms with Crippen LogP contribution in [0.2, 0.25) is 0 Å². The van der Waals surface area contributed by atoms with Crippen LogP contribution in [0.3, 0.4) is 0 Å². The molecule has 1 atom stereocenters. The topological polar surface area (TPSA) is 105 Å². The Labute approximate surface area is 179 Å². The van der Waals surface area contributed by atoms with Gasteiger partial charge in [-0.15, -0.1) is 0 Å². The van der Waals surface area contributed by atoms with Gasteiger partial charge in [-0.1, -0.05) is 54.6 Å². The maximum absolute atomic E-state index is 12.7. The molecule has 7 heteroatoms. The molecule has 0 heterocycles. The molecule has 0 radical (unpaired) electrons. The minimum Gasteiger partial charge on any atom is -0.507 e. The summed E-state index contributed by atoms with van der Waals surface area (Å²) in [7, 11) is 0. The lowest BCUT2D eigenvalue weighted by Gasteiger charge is -2.16. The molecule has 0 aliphatic rings. The average Bonchev–Trinajstić information content (AvgIpc) is 2.78. The normalized spacial score (nSPS) is 11.3. The summed E-state index contributed by atoms with van der Waals surface area (Å²) in [6.45, 7) is 1.30. The zero-order valence-electron chi connectivity index (χ0n) is 16.9. The highest BCUT2D eigenvalue weighted by Gasteiger charge is 2.17. The van der Waals surface area contributed by atoms with E-state index in [2.05, 4.69) is 10.6 Å². The first-order valence-electron chi connectivity index (χ1n) is 9.65. The molecule has 31 heavy (non-hydrogen) atoms. The van der Waals surface area contributed by atoms with Crippen molar-refractivity contribution >= 4 is 23.5 Å². The molecule has 0 unspecified atom stereocenters. The van der Waals surface area contributed by atoms with Crippen LogP contribution < -0.4 is 10.6 Å². The van der Waals surface area contributed by atoms with E-state index in [-0.39, 0.29) is 28.8 Å². The molecule has 3 rings (SSSR count). The number of anilines is 1. The summed E-state index contributed by atoms with van der Waals surface area (Å²) in [5.74, 6) is -2.02. The molecule has 0 bridgehead atoms. The third kappa shape index (κ3) is 5.70. The van der Waals surface area contributed by atoms with Gasteiger partial charge in [0.15, 0.2) is 6.61 Å². The third-order valence-corrected chi connectivity index (χ3v) is 4.55. The van der Waals surface area contributed by atoms with Gasteiger partial charge in [0, 0.05) is 0 Å². The first-order chi connectivity index (χ1) is 15.0. The van der Waals surface area contributed by atoms with Gasteiger partial charge in [0.05, 0.1) is 17.3 Å². The lowest BCUT2D eigenvalue weighted by atomic mass is 10.1. The van der Waals surface area contributed by atoms with Gasteiger partial charge in [0.2, 0.25) is 0 Å². The SMILES string of the molecule is C[C@@H](NC(=O)c1ccccc1NC(=O)COC(=O)c1ccccc1O)c1ccccc1. The van der Waals surface area contributed by atoms with Crippen LogP contribution in [0.1, 0.15) is 39.2 Å². The van der Waals surface area contributed by atoms with Crippen molar-refractivity contribution < 1.29 is 24.2 Å². The summed E-state index contributed by atoms with van der Waals surface area (Å²) >= 11 is 0. The Balaban J connectivity index is 1.62. The highest BCUT2D eigenvalue weighted by atomic mass is 16.5. The number of carbonyl (C=O) groups excluding carboxylic acids is 3. The predicted molar refractivity (Wildman–Crippen MR) is 116 cm³/mol. The first kappa shape index (κ1) is 21.6. The Morgan fingerprint density at radius 3 is 2.19 bits per heavy atom. The van der Waals surface area contributed by atoms with Gasteiger partial charge in [0.1, 0.15) is 11.3 Å². The number of benzene rings is 3. The molecular formula is C24H22N2O5. The van der Waals surface area contributed by atoms with Crippen molar-refractivity contribution in [3.8, 4) is 5.75 Å². The van der Waals surface area contributed by atoms with Gasteiger partial charge < -0.3 is 20.5 Å². The number of hydrogen-bond acceptors (Lipinski definition) is 5. The molecule has 0 saturated heterocycles. The smallest absolute Gasteiger partial charge is 0.342 e. The van der Waals surface area contributed by atoms with Crippen molar-refractivity contribution in [1.82, 2.24) is 5.32 Å². The molecule has 0 saturated carbocycles. The number of amides is 2. The number of rotatable bonds is 7. The Bertz CT molecular complexity index is 1080. The van der Waals surface area contributed by atoms with Crippen LogP contribution >= 0.6 is 0 Å². The van der Waals surface area contributed by atoms with Crippen molar-refractivity contribution in [2.24, 2.45) is 0 Å². The molecule has 158 valence electrons. The molecule has 2 amide bonds. The number of ether oxygens (including phenoxy) is 1. The van der Waals surface area contributed by atoms with Gasteiger partial charge in [-0.2, -0.15) is 0 Å². The number of para-hydroxylation sites is 2. The van der Waals surface area contributed by atoms with E-state index in [1.165, 1.54) is 12.1 Å². The lowest BCUT2D eigenvalue weighted by molar-refractivity contribution is -0.119. The second kappa shape index (κ2) is 10.1. The number of phenolic OH excluding ortho intramolecular Hbond substituents is 1. The Morgan fingerprint density at radius 1 is 0.871 bits per heavy atom. The van der Waals surface area contributed by atoms with Crippen LogP contribution in [0.25, 0.3) is 0 Å². The van der Waals surface area contributed by atoms with Crippen molar-refractivity contribution in [2.45, 2.75) is 13.0 Å². The summed E-state index contributed by atoms with van der Waals surface area (Å²) in [6, 6.07) is 21.7. The lowest BCUT2D eigenvalue weighted by Crippen LogP contribution is -2.28. The standard InChI is InChI=1S/C24H22N2O5/c1-16(17-9-3-2-4-10-17)25-23(29)18-11-5-7-13-20(18)26-22(28)15-31-24(30)19-12-6-8-14-21(19)27/h2-14,16,27H,15H2,1H3,(H,25,29)(H,26,28)/t16-/m1/s1. The molecule has 0 aliphatic carbocycles. The molecule has 0 aromatic heterocycles. The zero-order valence-corrected chi connectivity index (χ0v) is 16.9. The Hall–Kier alpha value is -4.13. The fourth-order valence-corrected chi connectivity index (χ4v) is 2.93. The summed E-state index contributed by atoms with van der Waals surface area (Å²) in [5, 5.41) is 15.2. The van der Waals surface area contributed by atoms with Crippen molar-refractivity contribution in [3.63, 3.8) is 0 Å². The van der Waals surface area contributed by atoms with Gasteiger partial charge >= 0.3 is 5.97 Å². The number of esters is 1. The zero-order chi connectivity index (χ0) is 22.2. The Morgan fingerprint density at radius 2 is 1.48 bits per heavy atom. The maximum atomic E-state index is 12.7. The second-order valence-corrected chi connectivity index (χ2v) is 6.79. The van der Waals surface area contributed by atoms with Crippen LogP contribution in [0.5, 0.6) is 5.75 Å². The molecule has 3 N–H and O–H groups in total. The summed E-state index contributed by atoms with van der Waals surface area (Å²) in [5.41, 5.74) is 1.49. The van der Waals surface area contributed by atoms with E-state index in [0.717, 1.165) is 5.56 Å². The Kier molecular flexibility index (Phi) is 7.01. The van der Waals surface area contributed by atoms with Crippen LogP contribution in [0, 0.1) is 0 Å². The van der Waals surface area contributed by atoms with E-state index in [0.29, 0.717) is 5.69 Å². The van der Waals surface area contributed by atoms with E-state index in [9.17, 15) is 19.5 Å². The molecule has 0 fully saturated rings. The van der Waals surface area contributed by atoms with E-state index < -0.39 is 18.5 Å². The quantitative estimate of drug-likeness (QED) is 0.508. The highest BCUT2D eigenvalue weighted by Crippen LogP contribution is 2.19. The fourth-order valence-electron chi connectivity index (χ4n) is 2.93. The van der Waals surface area contributed by atoms with E-state index >= 15 is 0 Å². The number of hydrogen-bond donors (Lipinski definition) is 3. The molecule has 0 aliphatic heterocycles. The summed E-state index contributed by atoms with van der Waals surface area (Å²) in [6.07, 6.45) is 0. The maximum Gasteiger partial charge on any atom is 0.342 e. The highest BCUT2D eigenvalue weighted by molar-refractivity contribution is 6.04. The van der Waals surface area contributed by atoms with Crippen LogP contribution in [0.4, 0.5) is 5.69 Å². The van der Waals surface area contributed by atoms with Gasteiger partial charge in [-0.3, -0.25) is 9.59 Å². The minimum absolute atomic E-state index is 0.0371. The first-order valence-corrected chi connectivity index (χ1v) is 9.65. The fraction of sp³-hybridized carbons (Fsp3) is 0.125. The number of nitrogens with one attached hydrogen (secondary N) is 2. The summed E-state index contributed by atoms with van der Waals surface area (Å²) in [4.78, 5) is 37.0. The molecule has 0 spiro atoms. The van der Waals surface area contributed by atoms with Crippen molar-refractivity contribution in [2.75, 3.05) is 11.9 Å². The monoisotopic (exact) mass is 418 g/mol. The minimum atomic E-state index is -0.823. The van der Waals surface area contributed by atoms with E-state index in [1.54, 1.807) is 36.4 Å². The van der Waals surface area contributed by atoms with Gasteiger partial charge in [0.25, 0.3) is 11.8 Å². The van der Waals surface area contributed by atoms with E-state index in [4.69, 9.17) is 4.74 Å². The molecule has 7 nitrogen and oxygen atoms in total. The summed E-state index contributed by atoms with van der Waals surface area (Å²) < 4.78 is 4.95. The van der Waals surface area contributed by atoms with Crippen LogP contribution in [-0.2, 0) is 9.53 Å². The van der Waals surface area contributed by atoms with Crippen LogP contribution in [0.15, 0.2) is 78.9 Å². The van der Waals surface area contributed by atoms with Crippen LogP contribution in [-0.4, -0.2) is 29.5 Å². The van der Waals surface area contributed by atoms with Gasteiger partial charge in [-0.05, 0) is 36.8 Å². The molecule has 3 aromatic rings. The van der Waals surface area contributed by atoms with Crippen molar-refractivity contribution in [1.29, 1.82) is 0 Å². The molecular weight excluding hydrogens is 396 g/mol. The van der Waals surface area contributed by atoms with Gasteiger partial charge in [-0.25, -0.2) is 4.79 Å². The van der Waals surface area contributed by atoms with E-state index in [1.807, 2.05) is 37.3 Å². The predicted octanol–water partition coefficient (Wildman–Crippen LogP) is 3.68. The average molecular weight is 418 g/mol. The largest absolute Gasteiger partial charge is 0.507 e. The number of phenols is 1. The third-order valence-electron chi connectivity index (χ3n) is 4.55. The second-order valence-electron chi connectivity index (χ2n) is 6.79. The van der Waals surface area contributed by atoms with Crippen molar-refractivity contribution in [3.05, 3.63) is 95.6 Å². The number of aromatic hydroxyl groups is 1.